The van der Waals surface area contributed by atoms with E-state index in [1.54, 1.807) is 0 Å². The SMILES string of the molecule is CC(C)(C)[C@H]1CCc2c(sc(NC(=O)COC(=O)c3cnccn3)c2C#N)C1. The van der Waals surface area contributed by atoms with Crippen LogP contribution >= 0.6 is 11.3 Å². The van der Waals surface area contributed by atoms with Gasteiger partial charge in [-0.1, -0.05) is 20.8 Å². The summed E-state index contributed by atoms with van der Waals surface area (Å²) in [6, 6.07) is 2.22. The highest BCUT2D eigenvalue weighted by molar-refractivity contribution is 7.16. The number of nitrogens with zero attached hydrogens (tertiary/aromatic N) is 3. The number of aromatic nitrogens is 2. The molecule has 0 bridgehead atoms. The normalized spacial score (nSPS) is 16.0. The van der Waals surface area contributed by atoms with Crippen LogP contribution in [0.4, 0.5) is 5.00 Å². The molecule has 0 radical (unpaired) electrons. The third-order valence-electron chi connectivity index (χ3n) is 4.96. The van der Waals surface area contributed by atoms with Gasteiger partial charge in [0.2, 0.25) is 0 Å². The number of hydrogen-bond donors (Lipinski definition) is 1. The van der Waals surface area contributed by atoms with Gasteiger partial charge in [-0.2, -0.15) is 5.26 Å². The van der Waals surface area contributed by atoms with E-state index in [-0.39, 0.29) is 11.1 Å². The first-order chi connectivity index (χ1) is 13.3. The van der Waals surface area contributed by atoms with E-state index in [0.29, 0.717) is 16.5 Å². The third-order valence-corrected chi connectivity index (χ3v) is 6.13. The molecule has 2 aromatic heterocycles. The van der Waals surface area contributed by atoms with Crippen molar-refractivity contribution in [2.24, 2.45) is 11.3 Å². The van der Waals surface area contributed by atoms with Gasteiger partial charge in [-0.15, -0.1) is 11.3 Å². The Bertz CT molecular complexity index is 925. The number of rotatable bonds is 4. The number of ether oxygens (including phenoxy) is 1. The van der Waals surface area contributed by atoms with E-state index < -0.39 is 18.5 Å². The maximum Gasteiger partial charge on any atom is 0.359 e. The number of hydrogen-bond acceptors (Lipinski definition) is 7. The zero-order valence-electron chi connectivity index (χ0n) is 16.1. The molecule has 0 aromatic carbocycles. The lowest BCUT2D eigenvalue weighted by Gasteiger charge is -2.33. The zero-order chi connectivity index (χ0) is 20.3. The lowest BCUT2D eigenvalue weighted by molar-refractivity contribution is -0.119. The first-order valence-electron chi connectivity index (χ1n) is 9.07. The second kappa shape index (κ2) is 8.07. The van der Waals surface area contributed by atoms with Gasteiger partial charge in [-0.3, -0.25) is 9.78 Å². The molecule has 0 saturated carbocycles. The van der Waals surface area contributed by atoms with Crippen LogP contribution in [-0.4, -0.2) is 28.5 Å². The van der Waals surface area contributed by atoms with Gasteiger partial charge in [-0.05, 0) is 36.2 Å². The van der Waals surface area contributed by atoms with Crippen LogP contribution in [-0.2, 0) is 22.4 Å². The van der Waals surface area contributed by atoms with Crippen molar-refractivity contribution in [3.8, 4) is 6.07 Å². The van der Waals surface area contributed by atoms with Gasteiger partial charge < -0.3 is 10.1 Å². The average Bonchev–Trinajstić information content (AvgIpc) is 3.02. The molecule has 0 aliphatic heterocycles. The standard InChI is InChI=1S/C20H22N4O3S/c1-20(2,3)12-4-5-13-14(9-21)18(28-16(13)8-12)24-17(25)11-27-19(26)15-10-22-6-7-23-15/h6-7,10,12H,4-5,8,11H2,1-3H3,(H,24,25)/t12-/m0/s1. The Kier molecular flexibility index (Phi) is 5.75. The lowest BCUT2D eigenvalue weighted by Crippen LogP contribution is -2.26. The molecule has 1 atom stereocenters. The van der Waals surface area contributed by atoms with Crippen molar-refractivity contribution in [3.63, 3.8) is 0 Å². The van der Waals surface area contributed by atoms with Gasteiger partial charge in [0.05, 0.1) is 11.8 Å². The molecule has 0 fully saturated rings. The van der Waals surface area contributed by atoms with Crippen LogP contribution in [0.2, 0.25) is 0 Å². The van der Waals surface area contributed by atoms with E-state index in [1.165, 1.54) is 29.9 Å². The summed E-state index contributed by atoms with van der Waals surface area (Å²) in [6.07, 6.45) is 6.87. The first-order valence-corrected chi connectivity index (χ1v) is 9.89. The summed E-state index contributed by atoms with van der Waals surface area (Å²) in [5.41, 5.74) is 1.81. The van der Waals surface area contributed by atoms with Crippen molar-refractivity contribution in [2.45, 2.75) is 40.0 Å². The molecule has 0 saturated heterocycles. The van der Waals surface area contributed by atoms with E-state index in [2.05, 4.69) is 42.1 Å². The molecule has 146 valence electrons. The highest BCUT2D eigenvalue weighted by Crippen LogP contribution is 2.43. The Labute approximate surface area is 167 Å². The van der Waals surface area contributed by atoms with E-state index in [9.17, 15) is 14.9 Å². The average molecular weight is 398 g/mol. The fraction of sp³-hybridized carbons (Fsp3) is 0.450. The Balaban J connectivity index is 1.66. The van der Waals surface area contributed by atoms with Crippen LogP contribution in [0.15, 0.2) is 18.6 Å². The van der Waals surface area contributed by atoms with Gasteiger partial charge >= 0.3 is 5.97 Å². The Morgan fingerprint density at radius 3 is 2.82 bits per heavy atom. The number of nitrogens with one attached hydrogen (secondary N) is 1. The Morgan fingerprint density at radius 2 is 2.18 bits per heavy atom. The van der Waals surface area contributed by atoms with E-state index >= 15 is 0 Å². The van der Waals surface area contributed by atoms with Crippen LogP contribution in [0, 0.1) is 22.7 Å². The summed E-state index contributed by atoms with van der Waals surface area (Å²) in [5, 5.41) is 12.8. The third kappa shape index (κ3) is 4.37. The van der Waals surface area contributed by atoms with Gasteiger partial charge in [0.25, 0.3) is 5.91 Å². The molecular weight excluding hydrogens is 376 g/mol. The second-order valence-electron chi connectivity index (χ2n) is 7.84. The van der Waals surface area contributed by atoms with Crippen molar-refractivity contribution >= 4 is 28.2 Å². The van der Waals surface area contributed by atoms with Crippen LogP contribution < -0.4 is 5.32 Å². The highest BCUT2D eigenvalue weighted by Gasteiger charge is 2.32. The number of nitriles is 1. The maximum atomic E-state index is 12.2. The van der Waals surface area contributed by atoms with Crippen molar-refractivity contribution in [2.75, 3.05) is 11.9 Å². The molecule has 2 aromatic rings. The number of thiophene rings is 1. The van der Waals surface area contributed by atoms with Crippen LogP contribution in [0.1, 0.15) is 53.7 Å². The molecule has 2 heterocycles. The summed E-state index contributed by atoms with van der Waals surface area (Å²) < 4.78 is 4.97. The van der Waals surface area contributed by atoms with Gasteiger partial charge in [0.1, 0.15) is 11.1 Å². The minimum atomic E-state index is -0.720. The monoisotopic (exact) mass is 398 g/mol. The second-order valence-corrected chi connectivity index (χ2v) is 8.95. The minimum absolute atomic E-state index is 0.0350. The maximum absolute atomic E-state index is 12.2. The zero-order valence-corrected chi connectivity index (χ0v) is 16.9. The van der Waals surface area contributed by atoms with Crippen LogP contribution in [0.3, 0.4) is 0 Å². The number of amides is 1. The summed E-state index contributed by atoms with van der Waals surface area (Å²) in [5.74, 6) is -0.663. The van der Waals surface area contributed by atoms with Gasteiger partial charge in [-0.25, -0.2) is 9.78 Å². The van der Waals surface area contributed by atoms with Crippen molar-refractivity contribution in [1.29, 1.82) is 5.26 Å². The summed E-state index contributed by atoms with van der Waals surface area (Å²) in [7, 11) is 0. The van der Waals surface area contributed by atoms with E-state index in [4.69, 9.17) is 4.74 Å². The molecule has 1 aliphatic carbocycles. The predicted octanol–water partition coefficient (Wildman–Crippen LogP) is 3.36. The molecule has 0 spiro atoms. The highest BCUT2D eigenvalue weighted by atomic mass is 32.1. The quantitative estimate of drug-likeness (QED) is 0.792. The summed E-state index contributed by atoms with van der Waals surface area (Å²) >= 11 is 1.45. The molecule has 8 heteroatoms. The topological polar surface area (TPSA) is 105 Å². The Hall–Kier alpha value is -2.79. The number of anilines is 1. The molecule has 1 aliphatic rings. The van der Waals surface area contributed by atoms with Gasteiger partial charge in [0, 0.05) is 17.3 Å². The fourth-order valence-electron chi connectivity index (χ4n) is 3.30. The minimum Gasteiger partial charge on any atom is -0.451 e. The molecule has 28 heavy (non-hydrogen) atoms. The molecule has 7 nitrogen and oxygen atoms in total. The van der Waals surface area contributed by atoms with Crippen molar-refractivity contribution < 1.29 is 14.3 Å². The summed E-state index contributed by atoms with van der Waals surface area (Å²) in [4.78, 5) is 32.9. The number of esters is 1. The van der Waals surface area contributed by atoms with Crippen LogP contribution in [0.25, 0.3) is 0 Å². The lowest BCUT2D eigenvalue weighted by atomic mass is 9.72. The molecule has 1 amide bonds. The Morgan fingerprint density at radius 1 is 1.39 bits per heavy atom. The smallest absolute Gasteiger partial charge is 0.359 e. The number of carbonyl (C=O) groups excluding carboxylic acids is 2. The fourth-order valence-corrected chi connectivity index (χ4v) is 4.60. The van der Waals surface area contributed by atoms with Gasteiger partial charge in [0.15, 0.2) is 12.3 Å². The van der Waals surface area contributed by atoms with Crippen molar-refractivity contribution in [3.05, 3.63) is 40.3 Å². The van der Waals surface area contributed by atoms with E-state index in [1.807, 2.05) is 0 Å². The molecule has 1 N–H and O–H groups in total. The van der Waals surface area contributed by atoms with Crippen LogP contribution in [0.5, 0.6) is 0 Å². The number of fused-ring (bicyclic) bond motifs is 1. The summed E-state index contributed by atoms with van der Waals surface area (Å²) in [6.45, 7) is 6.24. The largest absolute Gasteiger partial charge is 0.451 e. The predicted molar refractivity (Wildman–Crippen MR) is 105 cm³/mol. The van der Waals surface area contributed by atoms with Crippen molar-refractivity contribution in [1.82, 2.24) is 9.97 Å². The molecule has 0 unspecified atom stereocenters. The molecular formula is C20H22N4O3S. The number of carbonyl (C=O) groups is 2. The molecule has 3 rings (SSSR count). The first kappa shape index (κ1) is 20.0. The van der Waals surface area contributed by atoms with E-state index in [0.717, 1.165) is 29.7 Å².